The van der Waals surface area contributed by atoms with Gasteiger partial charge in [0.05, 0.1) is 16.4 Å². The van der Waals surface area contributed by atoms with Gasteiger partial charge in [0.15, 0.2) is 0 Å². The van der Waals surface area contributed by atoms with E-state index in [1.54, 1.807) is 6.07 Å². The maximum Gasteiger partial charge on any atom is 0.224 e. The number of hydrogen-bond acceptors (Lipinski definition) is 4. The first-order valence-electron chi connectivity index (χ1n) is 10.9. The molecule has 1 fully saturated rings. The fraction of sp³-hybridized carbons (Fsp3) is 0.458. The number of ether oxygens (including phenoxy) is 1. The van der Waals surface area contributed by atoms with Crippen LogP contribution < -0.4 is 15.0 Å². The Morgan fingerprint density at radius 1 is 1.23 bits per heavy atom. The van der Waals surface area contributed by atoms with Crippen LogP contribution in [0.1, 0.15) is 43.7 Å². The summed E-state index contributed by atoms with van der Waals surface area (Å²) < 4.78 is 20.0. The zero-order valence-electron chi connectivity index (χ0n) is 17.7. The number of carbonyl (C=O) groups is 1. The Bertz CT molecular complexity index is 974. The number of halogens is 2. The molecule has 31 heavy (non-hydrogen) atoms. The molecular weight excluding hydrogens is 419 g/mol. The molecule has 0 saturated carbocycles. The fourth-order valence-corrected chi connectivity index (χ4v) is 4.65. The molecule has 0 aromatic heterocycles. The van der Waals surface area contributed by atoms with Gasteiger partial charge in [-0.05, 0) is 55.5 Å². The van der Waals surface area contributed by atoms with Gasteiger partial charge in [-0.3, -0.25) is 4.79 Å². The highest BCUT2D eigenvalue weighted by molar-refractivity contribution is 6.33. The molecule has 2 aliphatic heterocycles. The van der Waals surface area contributed by atoms with Gasteiger partial charge in [-0.15, -0.1) is 0 Å². The summed E-state index contributed by atoms with van der Waals surface area (Å²) in [6.07, 6.45) is 3.89. The van der Waals surface area contributed by atoms with Crippen LogP contribution in [-0.2, 0) is 17.6 Å². The zero-order chi connectivity index (χ0) is 22.0. The van der Waals surface area contributed by atoms with Gasteiger partial charge in [0, 0.05) is 25.1 Å². The van der Waals surface area contributed by atoms with Crippen molar-refractivity contribution in [1.29, 1.82) is 0 Å². The Labute approximate surface area is 187 Å². The molecule has 0 aliphatic carbocycles. The van der Waals surface area contributed by atoms with Crippen LogP contribution in [0.4, 0.5) is 15.8 Å². The van der Waals surface area contributed by atoms with E-state index in [9.17, 15) is 14.3 Å². The van der Waals surface area contributed by atoms with E-state index >= 15 is 0 Å². The number of carbonyl (C=O) groups excluding carboxylic acids is 1. The van der Waals surface area contributed by atoms with E-state index in [0.29, 0.717) is 50.1 Å². The van der Waals surface area contributed by atoms with Crippen molar-refractivity contribution in [3.8, 4) is 5.75 Å². The van der Waals surface area contributed by atoms with Gasteiger partial charge in [0.1, 0.15) is 23.8 Å². The SMILES string of the molecule is CCCc1ccc(N2CCC(O)(COc3ccc(F)c4c3CCC(=O)N4)CC2)c(Cl)c1. The maximum atomic E-state index is 14.1. The minimum Gasteiger partial charge on any atom is -0.490 e. The molecule has 0 radical (unpaired) electrons. The van der Waals surface area contributed by atoms with Crippen molar-refractivity contribution in [1.82, 2.24) is 0 Å². The van der Waals surface area contributed by atoms with Crippen molar-refractivity contribution in [2.45, 2.75) is 51.0 Å². The van der Waals surface area contributed by atoms with Gasteiger partial charge in [-0.2, -0.15) is 0 Å². The summed E-state index contributed by atoms with van der Waals surface area (Å²) in [5.41, 5.74) is 2.10. The number of fused-ring (bicyclic) bond motifs is 1. The van der Waals surface area contributed by atoms with Crippen LogP contribution in [0, 0.1) is 5.82 Å². The van der Waals surface area contributed by atoms with Gasteiger partial charge in [0.2, 0.25) is 5.91 Å². The van der Waals surface area contributed by atoms with Crippen molar-refractivity contribution >= 4 is 28.9 Å². The number of aliphatic hydroxyl groups is 1. The van der Waals surface area contributed by atoms with E-state index in [1.807, 2.05) is 6.07 Å². The van der Waals surface area contributed by atoms with Crippen LogP contribution in [-0.4, -0.2) is 36.3 Å². The molecule has 0 atom stereocenters. The molecular formula is C24H28ClFN2O3. The summed E-state index contributed by atoms with van der Waals surface area (Å²) in [6.45, 7) is 3.61. The summed E-state index contributed by atoms with van der Waals surface area (Å²) >= 11 is 6.51. The molecule has 2 heterocycles. The first-order chi connectivity index (χ1) is 14.9. The van der Waals surface area contributed by atoms with Crippen molar-refractivity contribution in [3.63, 3.8) is 0 Å². The maximum absolute atomic E-state index is 14.1. The highest BCUT2D eigenvalue weighted by Crippen LogP contribution is 2.36. The van der Waals surface area contributed by atoms with E-state index in [0.717, 1.165) is 23.6 Å². The van der Waals surface area contributed by atoms with Crippen molar-refractivity contribution in [2.24, 2.45) is 0 Å². The molecule has 1 amide bonds. The van der Waals surface area contributed by atoms with Crippen LogP contribution in [0.3, 0.4) is 0 Å². The Morgan fingerprint density at radius 2 is 2.00 bits per heavy atom. The Hall–Kier alpha value is -2.31. The topological polar surface area (TPSA) is 61.8 Å². The largest absolute Gasteiger partial charge is 0.490 e. The number of nitrogens with zero attached hydrogens (tertiary/aromatic N) is 1. The number of nitrogens with one attached hydrogen (secondary N) is 1. The average Bonchev–Trinajstić information content (AvgIpc) is 2.75. The van der Waals surface area contributed by atoms with Crippen LogP contribution in [0.2, 0.25) is 5.02 Å². The Kier molecular flexibility index (Phi) is 6.39. The quantitative estimate of drug-likeness (QED) is 0.673. The third-order valence-electron chi connectivity index (χ3n) is 6.17. The second-order valence-corrected chi connectivity index (χ2v) is 8.89. The molecule has 7 heteroatoms. The van der Waals surface area contributed by atoms with E-state index in [1.165, 1.54) is 11.6 Å². The third-order valence-corrected chi connectivity index (χ3v) is 6.47. The van der Waals surface area contributed by atoms with Gasteiger partial charge in [-0.1, -0.05) is 31.0 Å². The number of rotatable bonds is 6. The lowest BCUT2D eigenvalue weighted by Gasteiger charge is -2.39. The predicted molar refractivity (Wildman–Crippen MR) is 121 cm³/mol. The smallest absolute Gasteiger partial charge is 0.224 e. The number of hydrogen-bond donors (Lipinski definition) is 2. The third kappa shape index (κ3) is 4.80. The van der Waals surface area contributed by atoms with Crippen molar-refractivity contribution in [3.05, 3.63) is 52.3 Å². The first-order valence-corrected chi connectivity index (χ1v) is 11.3. The highest BCUT2D eigenvalue weighted by Gasteiger charge is 2.34. The molecule has 2 aliphatic rings. The Morgan fingerprint density at radius 3 is 2.71 bits per heavy atom. The van der Waals surface area contributed by atoms with Crippen molar-refractivity contribution < 1.29 is 19.0 Å². The zero-order valence-corrected chi connectivity index (χ0v) is 18.5. The first kappa shape index (κ1) is 21.9. The van der Waals surface area contributed by atoms with Crippen LogP contribution in [0.15, 0.2) is 30.3 Å². The lowest BCUT2D eigenvalue weighted by Crippen LogP contribution is -2.48. The normalized spacial score (nSPS) is 17.8. The standard InChI is InChI=1S/C24H28ClFN2O3/c1-2-3-16-4-7-20(18(25)14-16)28-12-10-24(30,11-13-28)15-31-21-8-6-19(26)23-17(21)5-9-22(29)27-23/h4,6-8,14,30H,2-3,5,9-13,15H2,1H3,(H,27,29). The molecule has 4 rings (SSSR count). The molecule has 2 aromatic carbocycles. The summed E-state index contributed by atoms with van der Waals surface area (Å²) in [6, 6.07) is 9.07. The molecule has 1 saturated heterocycles. The van der Waals surface area contributed by atoms with Crippen LogP contribution in [0.25, 0.3) is 0 Å². The highest BCUT2D eigenvalue weighted by atomic mass is 35.5. The fourth-order valence-electron chi connectivity index (χ4n) is 4.33. The molecule has 5 nitrogen and oxygen atoms in total. The number of amides is 1. The van der Waals surface area contributed by atoms with E-state index in [4.69, 9.17) is 16.3 Å². The minimum absolute atomic E-state index is 0.121. The van der Waals surface area contributed by atoms with Gasteiger partial charge >= 0.3 is 0 Å². The van der Waals surface area contributed by atoms with E-state index in [-0.39, 0.29) is 18.2 Å². The van der Waals surface area contributed by atoms with Gasteiger partial charge in [-0.25, -0.2) is 4.39 Å². The summed E-state index contributed by atoms with van der Waals surface area (Å²) in [7, 11) is 0. The summed E-state index contributed by atoms with van der Waals surface area (Å²) in [4.78, 5) is 13.8. The predicted octanol–water partition coefficient (Wildman–Crippen LogP) is 4.73. The molecule has 0 unspecified atom stereocenters. The second-order valence-electron chi connectivity index (χ2n) is 8.48. The second kappa shape index (κ2) is 9.05. The number of piperidine rings is 1. The van der Waals surface area contributed by atoms with E-state index in [2.05, 4.69) is 29.3 Å². The number of benzene rings is 2. The molecule has 166 valence electrons. The number of aryl methyl sites for hydroxylation is 1. The van der Waals surface area contributed by atoms with Crippen molar-refractivity contribution in [2.75, 3.05) is 29.9 Å². The monoisotopic (exact) mass is 446 g/mol. The summed E-state index contributed by atoms with van der Waals surface area (Å²) in [5, 5.41) is 14.4. The molecule has 0 bridgehead atoms. The van der Waals surface area contributed by atoms with Crippen LogP contribution in [0.5, 0.6) is 5.75 Å². The average molecular weight is 447 g/mol. The van der Waals surface area contributed by atoms with Crippen LogP contribution >= 0.6 is 11.6 Å². The summed E-state index contributed by atoms with van der Waals surface area (Å²) in [5.74, 6) is -0.151. The van der Waals surface area contributed by atoms with E-state index < -0.39 is 11.4 Å². The Balaban J connectivity index is 1.39. The lowest BCUT2D eigenvalue weighted by molar-refractivity contribution is -0.116. The molecule has 0 spiro atoms. The molecule has 2 N–H and O–H groups in total. The lowest BCUT2D eigenvalue weighted by atomic mass is 9.91. The molecule has 2 aromatic rings. The minimum atomic E-state index is -0.968. The van der Waals surface area contributed by atoms with Gasteiger partial charge < -0.3 is 20.1 Å². The van der Waals surface area contributed by atoms with Gasteiger partial charge in [0.25, 0.3) is 0 Å². The number of anilines is 2.